The van der Waals surface area contributed by atoms with E-state index in [-0.39, 0.29) is 24.2 Å². The van der Waals surface area contributed by atoms with E-state index in [4.69, 9.17) is 10.5 Å². The van der Waals surface area contributed by atoms with E-state index < -0.39 is 5.54 Å². The molecule has 3 rings (SSSR count). The second-order valence-electron chi connectivity index (χ2n) is 6.80. The van der Waals surface area contributed by atoms with Gasteiger partial charge in [0.05, 0.1) is 0 Å². The molecule has 25 heavy (non-hydrogen) atoms. The van der Waals surface area contributed by atoms with Gasteiger partial charge in [0.2, 0.25) is 11.8 Å². The van der Waals surface area contributed by atoms with Gasteiger partial charge in [-0.1, -0.05) is 12.1 Å². The van der Waals surface area contributed by atoms with Gasteiger partial charge >= 0.3 is 0 Å². The van der Waals surface area contributed by atoms with Crippen molar-refractivity contribution in [1.82, 2.24) is 4.90 Å². The van der Waals surface area contributed by atoms with E-state index in [0.29, 0.717) is 38.6 Å². The number of hydrogen-bond acceptors (Lipinski definition) is 4. The Balaban J connectivity index is 0.00000225. The molecule has 0 radical (unpaired) electrons. The number of ether oxygens (including phenoxy) is 1. The number of carbonyl (C=O) groups is 2. The van der Waals surface area contributed by atoms with Crippen molar-refractivity contribution in [3.63, 3.8) is 0 Å². The molecule has 1 aromatic carbocycles. The average Bonchev–Trinajstić information content (AvgIpc) is 3.39. The fourth-order valence-electron chi connectivity index (χ4n) is 2.99. The van der Waals surface area contributed by atoms with Gasteiger partial charge in [-0.25, -0.2) is 0 Å². The SMILES string of the molecule is CC(=O)N(Cc1ccc(NC(=O)C2(N)CCOCC2)cc1)C1CC1.Cl. The molecule has 0 bridgehead atoms. The van der Waals surface area contributed by atoms with Crippen molar-refractivity contribution < 1.29 is 14.3 Å². The summed E-state index contributed by atoms with van der Waals surface area (Å²) in [6, 6.07) is 8.01. The molecule has 1 aromatic rings. The number of halogens is 1. The first kappa shape index (κ1) is 19.7. The standard InChI is InChI=1S/C18H25N3O3.ClH/c1-13(22)21(16-6-7-16)12-14-2-4-15(5-3-14)20-17(23)18(19)8-10-24-11-9-18;/h2-5,16H,6-12,19H2,1H3,(H,20,23);1H. The van der Waals surface area contributed by atoms with E-state index in [2.05, 4.69) is 5.32 Å². The van der Waals surface area contributed by atoms with E-state index in [0.717, 1.165) is 24.1 Å². The van der Waals surface area contributed by atoms with Gasteiger partial charge < -0.3 is 20.7 Å². The van der Waals surface area contributed by atoms with Gasteiger partial charge in [-0.3, -0.25) is 9.59 Å². The zero-order valence-electron chi connectivity index (χ0n) is 14.5. The molecule has 2 aliphatic rings. The number of benzene rings is 1. The average molecular weight is 368 g/mol. The summed E-state index contributed by atoms with van der Waals surface area (Å²) in [7, 11) is 0. The first-order valence-electron chi connectivity index (χ1n) is 8.52. The second-order valence-corrected chi connectivity index (χ2v) is 6.80. The van der Waals surface area contributed by atoms with Crippen LogP contribution in [0.5, 0.6) is 0 Å². The molecule has 6 nitrogen and oxygen atoms in total. The zero-order valence-corrected chi connectivity index (χ0v) is 15.3. The van der Waals surface area contributed by atoms with Gasteiger partial charge in [0.1, 0.15) is 5.54 Å². The number of amides is 2. The summed E-state index contributed by atoms with van der Waals surface area (Å²) in [4.78, 5) is 26.0. The minimum atomic E-state index is -0.853. The normalized spacial score (nSPS) is 18.8. The number of anilines is 1. The van der Waals surface area contributed by atoms with Crippen LogP contribution < -0.4 is 11.1 Å². The van der Waals surface area contributed by atoms with Crippen molar-refractivity contribution in [2.24, 2.45) is 5.73 Å². The lowest BCUT2D eigenvalue weighted by Gasteiger charge is -2.31. The summed E-state index contributed by atoms with van der Waals surface area (Å²) in [5.41, 5.74) is 7.11. The number of hydrogen-bond donors (Lipinski definition) is 2. The van der Waals surface area contributed by atoms with Crippen LogP contribution >= 0.6 is 12.4 Å². The van der Waals surface area contributed by atoms with E-state index in [1.165, 1.54) is 0 Å². The maximum Gasteiger partial charge on any atom is 0.244 e. The van der Waals surface area contributed by atoms with Crippen LogP contribution in [0, 0.1) is 0 Å². The number of carbonyl (C=O) groups excluding carboxylic acids is 2. The molecule has 3 N–H and O–H groups in total. The summed E-state index contributed by atoms with van der Waals surface area (Å²) in [5, 5.41) is 2.89. The fourth-order valence-corrected chi connectivity index (χ4v) is 2.99. The van der Waals surface area contributed by atoms with E-state index >= 15 is 0 Å². The lowest BCUT2D eigenvalue weighted by Crippen LogP contribution is -2.54. The van der Waals surface area contributed by atoms with Crippen LogP contribution in [0.2, 0.25) is 0 Å². The van der Waals surface area contributed by atoms with Crippen LogP contribution in [-0.4, -0.2) is 41.5 Å². The van der Waals surface area contributed by atoms with Crippen molar-refractivity contribution in [2.75, 3.05) is 18.5 Å². The molecule has 0 aromatic heterocycles. The monoisotopic (exact) mass is 367 g/mol. The molecule has 1 aliphatic heterocycles. The van der Waals surface area contributed by atoms with Gasteiger partial charge in [-0.05, 0) is 43.4 Å². The van der Waals surface area contributed by atoms with Gasteiger partial charge in [-0.15, -0.1) is 12.4 Å². The van der Waals surface area contributed by atoms with Crippen LogP contribution in [-0.2, 0) is 20.9 Å². The van der Waals surface area contributed by atoms with E-state index in [1.54, 1.807) is 6.92 Å². The van der Waals surface area contributed by atoms with Crippen LogP contribution in [0.1, 0.15) is 38.2 Å². The molecule has 1 saturated carbocycles. The molecule has 7 heteroatoms. The van der Waals surface area contributed by atoms with Crippen LogP contribution in [0.15, 0.2) is 24.3 Å². The minimum absolute atomic E-state index is 0. The Morgan fingerprint density at radius 1 is 1.24 bits per heavy atom. The Morgan fingerprint density at radius 3 is 2.36 bits per heavy atom. The number of nitrogens with one attached hydrogen (secondary N) is 1. The van der Waals surface area contributed by atoms with Crippen molar-refractivity contribution >= 4 is 29.9 Å². The minimum Gasteiger partial charge on any atom is -0.381 e. The molecule has 0 unspecified atom stereocenters. The Hall–Kier alpha value is -1.63. The summed E-state index contributed by atoms with van der Waals surface area (Å²) >= 11 is 0. The molecule has 0 atom stereocenters. The predicted molar refractivity (Wildman–Crippen MR) is 98.5 cm³/mol. The molecule has 1 saturated heterocycles. The first-order chi connectivity index (χ1) is 11.5. The topological polar surface area (TPSA) is 84.7 Å². The molecule has 138 valence electrons. The van der Waals surface area contributed by atoms with Crippen LogP contribution in [0.25, 0.3) is 0 Å². The molecule has 2 amide bonds. The van der Waals surface area contributed by atoms with E-state index in [1.807, 2.05) is 29.2 Å². The first-order valence-corrected chi connectivity index (χ1v) is 8.52. The van der Waals surface area contributed by atoms with Crippen molar-refractivity contribution in [3.8, 4) is 0 Å². The number of nitrogens with two attached hydrogens (primary N) is 1. The van der Waals surface area contributed by atoms with Crippen LogP contribution in [0.3, 0.4) is 0 Å². The Bertz CT molecular complexity index is 610. The molecule has 2 fully saturated rings. The van der Waals surface area contributed by atoms with Crippen molar-refractivity contribution in [1.29, 1.82) is 0 Å². The maximum absolute atomic E-state index is 12.4. The van der Waals surface area contributed by atoms with Crippen molar-refractivity contribution in [2.45, 2.75) is 50.7 Å². The Kier molecular flexibility index (Phi) is 6.43. The smallest absolute Gasteiger partial charge is 0.244 e. The maximum atomic E-state index is 12.4. The summed E-state index contributed by atoms with van der Waals surface area (Å²) in [6.45, 7) is 3.27. The molecular formula is C18H26ClN3O3. The van der Waals surface area contributed by atoms with E-state index in [9.17, 15) is 9.59 Å². The largest absolute Gasteiger partial charge is 0.381 e. The summed E-state index contributed by atoms with van der Waals surface area (Å²) < 4.78 is 5.27. The third-order valence-corrected chi connectivity index (χ3v) is 4.79. The summed E-state index contributed by atoms with van der Waals surface area (Å²) in [5.74, 6) is -0.0543. The lowest BCUT2D eigenvalue weighted by atomic mass is 9.90. The quantitative estimate of drug-likeness (QED) is 0.834. The lowest BCUT2D eigenvalue weighted by molar-refractivity contribution is -0.130. The number of rotatable bonds is 5. The van der Waals surface area contributed by atoms with Crippen molar-refractivity contribution in [3.05, 3.63) is 29.8 Å². The summed E-state index contributed by atoms with van der Waals surface area (Å²) in [6.07, 6.45) is 3.25. The highest BCUT2D eigenvalue weighted by Gasteiger charge is 2.36. The van der Waals surface area contributed by atoms with Gasteiger partial charge in [0.25, 0.3) is 0 Å². The number of nitrogens with zero attached hydrogens (tertiary/aromatic N) is 1. The highest BCUT2D eigenvalue weighted by atomic mass is 35.5. The highest BCUT2D eigenvalue weighted by Crippen LogP contribution is 2.28. The second kappa shape index (κ2) is 8.17. The molecule has 0 spiro atoms. The third kappa shape index (κ3) is 4.93. The molecular weight excluding hydrogens is 342 g/mol. The molecule has 1 heterocycles. The Labute approximate surface area is 154 Å². The third-order valence-electron chi connectivity index (χ3n) is 4.79. The van der Waals surface area contributed by atoms with Gasteiger partial charge in [0.15, 0.2) is 0 Å². The fraction of sp³-hybridized carbons (Fsp3) is 0.556. The highest BCUT2D eigenvalue weighted by molar-refractivity contribution is 5.98. The van der Waals surface area contributed by atoms with Crippen LogP contribution in [0.4, 0.5) is 5.69 Å². The Morgan fingerprint density at radius 2 is 1.84 bits per heavy atom. The predicted octanol–water partition coefficient (Wildman–Crippen LogP) is 2.07. The molecule has 1 aliphatic carbocycles. The van der Waals surface area contributed by atoms with Gasteiger partial charge in [-0.2, -0.15) is 0 Å². The van der Waals surface area contributed by atoms with Gasteiger partial charge in [0, 0.05) is 38.4 Å². The zero-order chi connectivity index (χ0) is 17.2.